The largest absolute Gasteiger partial charge is 0.465 e. The highest BCUT2D eigenvalue weighted by atomic mass is 16.5. The van der Waals surface area contributed by atoms with Gasteiger partial charge in [0, 0.05) is 29.9 Å². The molecule has 1 atom stereocenters. The van der Waals surface area contributed by atoms with Gasteiger partial charge in [-0.2, -0.15) is 0 Å². The van der Waals surface area contributed by atoms with Gasteiger partial charge in [0.1, 0.15) is 17.2 Å². The van der Waals surface area contributed by atoms with Gasteiger partial charge < -0.3 is 25.3 Å². The molecule has 0 saturated carbocycles. The first-order valence-electron chi connectivity index (χ1n) is 16.2. The summed E-state index contributed by atoms with van der Waals surface area (Å²) < 4.78 is 5.36. The predicted octanol–water partition coefficient (Wildman–Crippen LogP) is 5.01. The number of anilines is 1. The Bertz CT molecular complexity index is 1730. The molecule has 1 saturated heterocycles. The molecule has 1 aliphatic heterocycles. The number of imidazole rings is 1. The summed E-state index contributed by atoms with van der Waals surface area (Å²) in [6.07, 6.45) is 3.66. The van der Waals surface area contributed by atoms with Crippen LogP contribution in [0.1, 0.15) is 72.4 Å². The Morgan fingerprint density at radius 3 is 2.43 bits per heavy atom. The molecule has 246 valence electrons. The van der Waals surface area contributed by atoms with Crippen molar-refractivity contribution in [3.05, 3.63) is 94.8 Å². The number of aryl methyl sites for hydroxylation is 1. The SMILES string of the molecule is CCCCOC(=O)CNC(C)(C(=O)N1CCCC1)c1ccc2[nH]c(CNc3ccc(C(=N)NC(=O)c4ccccc4)cc3)nc2c1C. The molecule has 5 N–H and O–H groups in total. The smallest absolute Gasteiger partial charge is 0.319 e. The average Bonchev–Trinajstić information content (AvgIpc) is 3.78. The van der Waals surface area contributed by atoms with Gasteiger partial charge in [-0.3, -0.25) is 25.1 Å². The molecule has 1 aliphatic rings. The third-order valence-corrected chi connectivity index (χ3v) is 8.57. The minimum Gasteiger partial charge on any atom is -0.465 e. The van der Waals surface area contributed by atoms with E-state index in [0.29, 0.717) is 43.2 Å². The Labute approximate surface area is 275 Å². The van der Waals surface area contributed by atoms with Crippen molar-refractivity contribution >= 4 is 40.3 Å². The first-order valence-corrected chi connectivity index (χ1v) is 16.2. The number of H-pyrrole nitrogens is 1. The Kier molecular flexibility index (Phi) is 10.7. The molecule has 5 rings (SSSR count). The lowest BCUT2D eigenvalue weighted by Gasteiger charge is -2.35. The van der Waals surface area contributed by atoms with E-state index in [9.17, 15) is 14.4 Å². The number of fused-ring (bicyclic) bond motifs is 1. The van der Waals surface area contributed by atoms with Crippen LogP contribution in [0.15, 0.2) is 66.7 Å². The lowest BCUT2D eigenvalue weighted by molar-refractivity contribution is -0.144. The third kappa shape index (κ3) is 7.86. The number of benzene rings is 3. The average molecular weight is 638 g/mol. The fourth-order valence-corrected chi connectivity index (χ4v) is 5.83. The molecule has 0 aliphatic carbocycles. The number of amidine groups is 1. The van der Waals surface area contributed by atoms with Gasteiger partial charge in [0.25, 0.3) is 5.91 Å². The van der Waals surface area contributed by atoms with Gasteiger partial charge >= 0.3 is 5.97 Å². The minimum absolute atomic E-state index is 0.0204. The molecule has 0 spiro atoms. The zero-order valence-electron chi connectivity index (χ0n) is 27.2. The quantitative estimate of drug-likeness (QED) is 0.0598. The molecule has 2 heterocycles. The second-order valence-corrected chi connectivity index (χ2v) is 12.0. The topological polar surface area (TPSA) is 152 Å². The molecule has 3 aromatic carbocycles. The number of rotatable bonds is 13. The van der Waals surface area contributed by atoms with Gasteiger partial charge in [0.2, 0.25) is 5.91 Å². The molecule has 1 aromatic heterocycles. The Morgan fingerprint density at radius 1 is 1.00 bits per heavy atom. The van der Waals surface area contributed by atoms with Crippen LogP contribution in [-0.4, -0.2) is 64.7 Å². The van der Waals surface area contributed by atoms with Crippen LogP contribution in [0.25, 0.3) is 11.0 Å². The maximum Gasteiger partial charge on any atom is 0.319 e. The fourth-order valence-electron chi connectivity index (χ4n) is 5.83. The number of carbonyl (C=O) groups excluding carboxylic acids is 3. The van der Waals surface area contributed by atoms with Crippen molar-refractivity contribution in [3.63, 3.8) is 0 Å². The Morgan fingerprint density at radius 2 is 1.72 bits per heavy atom. The number of nitrogens with one attached hydrogen (secondary N) is 5. The van der Waals surface area contributed by atoms with E-state index in [0.717, 1.165) is 53.5 Å². The number of aromatic amines is 1. The van der Waals surface area contributed by atoms with Crippen LogP contribution in [0.2, 0.25) is 0 Å². The summed E-state index contributed by atoms with van der Waals surface area (Å²) in [5.41, 5.74) is 3.98. The van der Waals surface area contributed by atoms with Crippen molar-refractivity contribution in [1.29, 1.82) is 5.41 Å². The van der Waals surface area contributed by atoms with E-state index >= 15 is 0 Å². The van der Waals surface area contributed by atoms with Gasteiger partial charge in [-0.05, 0) is 86.7 Å². The molecule has 2 amide bonds. The molecule has 11 nitrogen and oxygen atoms in total. The maximum absolute atomic E-state index is 13.9. The minimum atomic E-state index is -1.14. The number of likely N-dealkylation sites (tertiary alicyclic amines) is 1. The van der Waals surface area contributed by atoms with Crippen LogP contribution >= 0.6 is 0 Å². The molecular weight excluding hydrogens is 594 g/mol. The summed E-state index contributed by atoms with van der Waals surface area (Å²) in [7, 11) is 0. The molecule has 0 bridgehead atoms. The van der Waals surface area contributed by atoms with Gasteiger partial charge in [0.05, 0.1) is 30.7 Å². The van der Waals surface area contributed by atoms with Crippen LogP contribution < -0.4 is 16.0 Å². The summed E-state index contributed by atoms with van der Waals surface area (Å²) >= 11 is 0. The summed E-state index contributed by atoms with van der Waals surface area (Å²) in [6, 6.07) is 19.9. The standard InChI is InChI=1S/C36H43N7O4/c1-4-5-21-47-31(44)23-39-36(3,35(46)43-19-9-10-20-43)28-17-18-29-32(24(28)2)41-30(40-29)22-38-27-15-13-25(14-16-27)33(37)42-34(45)26-11-7-6-8-12-26/h6-8,11-18,38-39H,4-5,9-10,19-23H2,1-3H3,(H,40,41)(H2,37,42,45). The number of amides is 2. The molecule has 11 heteroatoms. The second-order valence-electron chi connectivity index (χ2n) is 12.0. The number of unbranched alkanes of at least 4 members (excludes halogenated alkanes) is 1. The third-order valence-electron chi connectivity index (χ3n) is 8.57. The van der Waals surface area contributed by atoms with E-state index in [1.807, 2.05) is 56.0 Å². The van der Waals surface area contributed by atoms with Crippen molar-refractivity contribution < 1.29 is 19.1 Å². The van der Waals surface area contributed by atoms with E-state index in [1.54, 1.807) is 36.4 Å². The monoisotopic (exact) mass is 637 g/mol. The van der Waals surface area contributed by atoms with E-state index in [2.05, 4.69) is 20.9 Å². The van der Waals surface area contributed by atoms with Crippen LogP contribution in [-0.2, 0) is 26.4 Å². The van der Waals surface area contributed by atoms with Crippen molar-refractivity contribution in [1.82, 2.24) is 25.5 Å². The zero-order chi connectivity index (χ0) is 33.4. The van der Waals surface area contributed by atoms with Gasteiger partial charge in [-0.25, -0.2) is 4.98 Å². The number of nitrogens with zero attached hydrogens (tertiary/aromatic N) is 2. The number of esters is 1. The summed E-state index contributed by atoms with van der Waals surface area (Å²) in [4.78, 5) is 48.9. The fraction of sp³-hybridized carbons (Fsp3) is 0.361. The Balaban J connectivity index is 1.28. The number of aromatic nitrogens is 2. The van der Waals surface area contributed by atoms with Crippen LogP contribution in [0, 0.1) is 12.3 Å². The van der Waals surface area contributed by atoms with E-state index in [-0.39, 0.29) is 30.2 Å². The molecule has 4 aromatic rings. The van der Waals surface area contributed by atoms with Crippen molar-refractivity contribution in [2.75, 3.05) is 31.6 Å². The predicted molar refractivity (Wildman–Crippen MR) is 182 cm³/mol. The normalized spacial score (nSPS) is 14.1. The molecule has 47 heavy (non-hydrogen) atoms. The van der Waals surface area contributed by atoms with Crippen LogP contribution in [0.5, 0.6) is 0 Å². The summed E-state index contributed by atoms with van der Waals surface area (Å²) in [5.74, 6) is -0.0400. The highest BCUT2D eigenvalue weighted by molar-refractivity contribution is 6.11. The van der Waals surface area contributed by atoms with Crippen LogP contribution in [0.3, 0.4) is 0 Å². The summed E-state index contributed by atoms with van der Waals surface area (Å²) in [5, 5.41) is 17.5. The van der Waals surface area contributed by atoms with Crippen LogP contribution in [0.4, 0.5) is 5.69 Å². The van der Waals surface area contributed by atoms with Crippen molar-refractivity contribution in [2.24, 2.45) is 0 Å². The molecule has 0 radical (unpaired) electrons. The Hall–Kier alpha value is -5.03. The lowest BCUT2D eigenvalue weighted by Crippen LogP contribution is -2.54. The van der Waals surface area contributed by atoms with Gasteiger partial charge in [-0.15, -0.1) is 0 Å². The van der Waals surface area contributed by atoms with E-state index in [1.165, 1.54) is 0 Å². The number of hydrogen-bond acceptors (Lipinski definition) is 8. The molecule has 1 fully saturated rings. The number of hydrogen-bond donors (Lipinski definition) is 5. The van der Waals surface area contributed by atoms with E-state index < -0.39 is 5.54 Å². The highest BCUT2D eigenvalue weighted by Crippen LogP contribution is 2.32. The summed E-state index contributed by atoms with van der Waals surface area (Å²) in [6.45, 7) is 7.92. The highest BCUT2D eigenvalue weighted by Gasteiger charge is 2.41. The molecular formula is C36H43N7O4. The first-order chi connectivity index (χ1) is 22.7. The lowest BCUT2D eigenvalue weighted by atomic mass is 9.86. The number of ether oxygens (including phenoxy) is 1. The molecule has 1 unspecified atom stereocenters. The van der Waals surface area contributed by atoms with E-state index in [4.69, 9.17) is 15.1 Å². The number of carbonyl (C=O) groups is 3. The zero-order valence-corrected chi connectivity index (χ0v) is 27.2. The second kappa shape index (κ2) is 15.0. The van der Waals surface area contributed by atoms with Crippen molar-refractivity contribution in [2.45, 2.75) is 58.5 Å². The van der Waals surface area contributed by atoms with Crippen molar-refractivity contribution in [3.8, 4) is 0 Å². The maximum atomic E-state index is 13.9. The van der Waals surface area contributed by atoms with Gasteiger partial charge in [-0.1, -0.05) is 37.6 Å². The van der Waals surface area contributed by atoms with Gasteiger partial charge in [0.15, 0.2) is 0 Å². The first kappa shape index (κ1) is 33.3.